The molecule has 0 saturated heterocycles. The highest BCUT2D eigenvalue weighted by Gasteiger charge is 2.27. The molecular weight excluding hydrogens is 264 g/mol. The van der Waals surface area contributed by atoms with E-state index < -0.39 is 6.04 Å². The summed E-state index contributed by atoms with van der Waals surface area (Å²) in [5.74, 6) is -0.165. The molecule has 5 heteroatoms. The normalized spacial score (nSPS) is 13.0. The van der Waals surface area contributed by atoms with Crippen molar-refractivity contribution < 1.29 is 4.79 Å². The Bertz CT molecular complexity index is 582. The van der Waals surface area contributed by atoms with Crippen molar-refractivity contribution in [2.75, 3.05) is 5.32 Å². The maximum atomic E-state index is 12.1. The van der Waals surface area contributed by atoms with Gasteiger partial charge in [0, 0.05) is 18.1 Å². The average molecular weight is 286 g/mol. The number of rotatable bonds is 4. The molecule has 0 aliphatic carbocycles. The van der Waals surface area contributed by atoms with Crippen molar-refractivity contribution >= 4 is 11.6 Å². The van der Waals surface area contributed by atoms with Crippen LogP contribution in [0.2, 0.25) is 0 Å². The van der Waals surface area contributed by atoms with E-state index in [1.807, 2.05) is 62.0 Å². The highest BCUT2D eigenvalue weighted by atomic mass is 16.2. The van der Waals surface area contributed by atoms with Gasteiger partial charge >= 0.3 is 0 Å². The molecule has 1 aromatic carbocycles. The number of hydrogen-bond acceptors (Lipinski definition) is 3. The number of aromatic nitrogens is 2. The van der Waals surface area contributed by atoms with Gasteiger partial charge in [0.15, 0.2) is 0 Å². The van der Waals surface area contributed by atoms with Gasteiger partial charge in [-0.25, -0.2) is 0 Å². The molecule has 0 fully saturated rings. The van der Waals surface area contributed by atoms with E-state index in [4.69, 9.17) is 5.73 Å². The molecule has 1 atom stereocenters. The van der Waals surface area contributed by atoms with Crippen molar-refractivity contribution in [2.24, 2.45) is 11.1 Å². The van der Waals surface area contributed by atoms with Gasteiger partial charge in [0.2, 0.25) is 5.91 Å². The molecule has 0 spiro atoms. The number of anilines is 1. The van der Waals surface area contributed by atoms with Gasteiger partial charge in [-0.05, 0) is 29.2 Å². The summed E-state index contributed by atoms with van der Waals surface area (Å²) in [6.07, 6.45) is 3.67. The zero-order valence-corrected chi connectivity index (χ0v) is 12.7. The fourth-order valence-electron chi connectivity index (χ4n) is 1.89. The second-order valence-corrected chi connectivity index (χ2v) is 6.23. The molecule has 0 radical (unpaired) electrons. The van der Waals surface area contributed by atoms with E-state index in [-0.39, 0.29) is 11.3 Å². The number of nitrogens with two attached hydrogens (primary N) is 1. The Kier molecular flexibility index (Phi) is 4.43. The third-order valence-electron chi connectivity index (χ3n) is 3.34. The lowest BCUT2D eigenvalue weighted by molar-refractivity contribution is -0.119. The molecule has 1 aromatic heterocycles. The van der Waals surface area contributed by atoms with Crippen LogP contribution in [0.5, 0.6) is 0 Å². The molecule has 0 bridgehead atoms. The van der Waals surface area contributed by atoms with Crippen molar-refractivity contribution in [3.8, 4) is 0 Å². The minimum atomic E-state index is -0.541. The lowest BCUT2D eigenvalue weighted by Crippen LogP contribution is -2.45. The summed E-state index contributed by atoms with van der Waals surface area (Å²) < 4.78 is 1.85. The molecule has 0 saturated carbocycles. The summed E-state index contributed by atoms with van der Waals surface area (Å²) in [4.78, 5) is 12.1. The molecule has 5 nitrogen and oxygen atoms in total. The van der Waals surface area contributed by atoms with Crippen LogP contribution >= 0.6 is 0 Å². The fourth-order valence-corrected chi connectivity index (χ4v) is 1.89. The predicted molar refractivity (Wildman–Crippen MR) is 83.8 cm³/mol. The van der Waals surface area contributed by atoms with Crippen LogP contribution in [0.25, 0.3) is 0 Å². The lowest BCUT2D eigenvalue weighted by Gasteiger charge is -2.25. The van der Waals surface area contributed by atoms with Crippen LogP contribution in [0.3, 0.4) is 0 Å². The maximum Gasteiger partial charge on any atom is 0.241 e. The molecule has 21 heavy (non-hydrogen) atoms. The van der Waals surface area contributed by atoms with Crippen molar-refractivity contribution in [3.05, 3.63) is 48.3 Å². The molecule has 0 aliphatic rings. The molecule has 112 valence electrons. The Hall–Kier alpha value is -2.14. The molecule has 2 rings (SSSR count). The third kappa shape index (κ3) is 4.16. The lowest BCUT2D eigenvalue weighted by atomic mass is 9.87. The van der Waals surface area contributed by atoms with Gasteiger partial charge in [-0.15, -0.1) is 0 Å². The minimum Gasteiger partial charge on any atom is -0.325 e. The highest BCUT2D eigenvalue weighted by molar-refractivity contribution is 5.95. The summed E-state index contributed by atoms with van der Waals surface area (Å²) in [6.45, 7) is 6.56. The van der Waals surface area contributed by atoms with E-state index in [1.54, 1.807) is 6.20 Å². The summed E-state index contributed by atoms with van der Waals surface area (Å²) in [5.41, 5.74) is 7.55. The second kappa shape index (κ2) is 6.10. The zero-order valence-electron chi connectivity index (χ0n) is 12.7. The number of amides is 1. The Balaban J connectivity index is 1.98. The maximum absolute atomic E-state index is 12.1. The van der Waals surface area contributed by atoms with Gasteiger partial charge in [-0.1, -0.05) is 32.9 Å². The van der Waals surface area contributed by atoms with Crippen LogP contribution in [-0.4, -0.2) is 21.7 Å². The molecule has 0 aliphatic heterocycles. The van der Waals surface area contributed by atoms with Crippen LogP contribution in [-0.2, 0) is 11.3 Å². The van der Waals surface area contributed by atoms with Gasteiger partial charge < -0.3 is 11.1 Å². The average Bonchev–Trinajstić information content (AvgIpc) is 2.92. The van der Waals surface area contributed by atoms with E-state index in [2.05, 4.69) is 10.4 Å². The largest absolute Gasteiger partial charge is 0.325 e. The van der Waals surface area contributed by atoms with Gasteiger partial charge in [-0.3, -0.25) is 9.48 Å². The smallest absolute Gasteiger partial charge is 0.241 e. The SMILES string of the molecule is CC(C)(C)C(N)C(=O)Nc1ccc(Cn2cccn2)cc1. The van der Waals surface area contributed by atoms with E-state index in [0.717, 1.165) is 11.3 Å². The summed E-state index contributed by atoms with van der Waals surface area (Å²) in [7, 11) is 0. The Labute approximate surface area is 125 Å². The highest BCUT2D eigenvalue weighted by Crippen LogP contribution is 2.19. The number of carbonyl (C=O) groups is 1. The number of benzene rings is 1. The molecule has 1 unspecified atom stereocenters. The number of nitrogens with one attached hydrogen (secondary N) is 1. The van der Waals surface area contributed by atoms with Crippen LogP contribution in [0, 0.1) is 5.41 Å². The van der Waals surface area contributed by atoms with Crippen LogP contribution < -0.4 is 11.1 Å². The fraction of sp³-hybridized carbons (Fsp3) is 0.375. The van der Waals surface area contributed by atoms with Gasteiger partial charge in [-0.2, -0.15) is 5.10 Å². The first-order chi connectivity index (χ1) is 9.86. The Morgan fingerprint density at radius 1 is 1.33 bits per heavy atom. The van der Waals surface area contributed by atoms with Crippen molar-refractivity contribution in [1.29, 1.82) is 0 Å². The summed E-state index contributed by atoms with van der Waals surface area (Å²) in [5, 5.41) is 7.01. The molecule has 3 N–H and O–H groups in total. The van der Waals surface area contributed by atoms with Crippen molar-refractivity contribution in [2.45, 2.75) is 33.4 Å². The molecular formula is C16H22N4O. The molecule has 1 amide bonds. The standard InChI is InChI=1S/C16H22N4O/c1-16(2,3)14(17)15(21)19-13-7-5-12(6-8-13)11-20-10-4-9-18-20/h4-10,14H,11,17H2,1-3H3,(H,19,21). The van der Waals surface area contributed by atoms with Crippen molar-refractivity contribution in [1.82, 2.24) is 9.78 Å². The zero-order chi connectivity index (χ0) is 15.5. The topological polar surface area (TPSA) is 72.9 Å². The van der Waals surface area contributed by atoms with Gasteiger partial charge in [0.1, 0.15) is 0 Å². The van der Waals surface area contributed by atoms with E-state index in [9.17, 15) is 4.79 Å². The monoisotopic (exact) mass is 286 g/mol. The minimum absolute atomic E-state index is 0.165. The Morgan fingerprint density at radius 2 is 2.00 bits per heavy atom. The van der Waals surface area contributed by atoms with E-state index in [1.165, 1.54) is 0 Å². The molecule has 2 aromatic rings. The van der Waals surface area contributed by atoms with E-state index in [0.29, 0.717) is 6.54 Å². The first-order valence-electron chi connectivity index (χ1n) is 6.99. The van der Waals surface area contributed by atoms with Gasteiger partial charge in [0.25, 0.3) is 0 Å². The van der Waals surface area contributed by atoms with Crippen LogP contribution in [0.4, 0.5) is 5.69 Å². The summed E-state index contributed by atoms with van der Waals surface area (Å²) >= 11 is 0. The summed E-state index contributed by atoms with van der Waals surface area (Å²) in [6, 6.07) is 9.06. The van der Waals surface area contributed by atoms with Crippen LogP contribution in [0.1, 0.15) is 26.3 Å². The first kappa shape index (κ1) is 15.3. The number of hydrogen-bond donors (Lipinski definition) is 2. The number of nitrogens with zero attached hydrogens (tertiary/aromatic N) is 2. The van der Waals surface area contributed by atoms with Crippen LogP contribution in [0.15, 0.2) is 42.7 Å². The quantitative estimate of drug-likeness (QED) is 0.905. The van der Waals surface area contributed by atoms with E-state index >= 15 is 0 Å². The number of carbonyl (C=O) groups excluding carboxylic acids is 1. The van der Waals surface area contributed by atoms with Crippen molar-refractivity contribution in [3.63, 3.8) is 0 Å². The third-order valence-corrected chi connectivity index (χ3v) is 3.34. The predicted octanol–water partition coefficient (Wildman–Crippen LogP) is 2.24. The first-order valence-corrected chi connectivity index (χ1v) is 6.99. The molecule has 1 heterocycles. The van der Waals surface area contributed by atoms with Gasteiger partial charge in [0.05, 0.1) is 12.6 Å². The second-order valence-electron chi connectivity index (χ2n) is 6.23. The Morgan fingerprint density at radius 3 is 2.52 bits per heavy atom.